The minimum Gasteiger partial charge on any atom is -0.497 e. The molecule has 5 heteroatoms. The van der Waals surface area contributed by atoms with Gasteiger partial charge in [-0.3, -0.25) is 14.4 Å². The van der Waals surface area contributed by atoms with Gasteiger partial charge in [0.2, 0.25) is 0 Å². The first-order valence-corrected chi connectivity index (χ1v) is 10.0. The van der Waals surface area contributed by atoms with Crippen LogP contribution < -0.4 is 4.74 Å². The van der Waals surface area contributed by atoms with Crippen LogP contribution in [0, 0.1) is 23.7 Å². The summed E-state index contributed by atoms with van der Waals surface area (Å²) < 4.78 is 10.5. The first-order valence-electron chi connectivity index (χ1n) is 10.0. The van der Waals surface area contributed by atoms with Gasteiger partial charge in [-0.2, -0.15) is 0 Å². The number of benzene rings is 2. The Morgan fingerprint density at radius 2 is 1.52 bits per heavy atom. The lowest BCUT2D eigenvalue weighted by atomic mass is 9.75. The van der Waals surface area contributed by atoms with Crippen LogP contribution >= 0.6 is 0 Å². The minimum absolute atomic E-state index is 0.0150. The largest absolute Gasteiger partial charge is 0.497 e. The number of fused-ring (bicyclic) bond motifs is 2. The predicted octanol–water partition coefficient (Wildman–Crippen LogP) is 3.97. The highest BCUT2D eigenvalue weighted by Crippen LogP contribution is 2.53. The quantitative estimate of drug-likeness (QED) is 0.527. The lowest BCUT2D eigenvalue weighted by Gasteiger charge is -2.28. The lowest BCUT2D eigenvalue weighted by Crippen LogP contribution is -2.36. The summed E-state index contributed by atoms with van der Waals surface area (Å²) in [4.78, 5) is 38.3. The Morgan fingerprint density at radius 1 is 0.862 bits per heavy atom. The van der Waals surface area contributed by atoms with E-state index < -0.39 is 11.9 Å². The van der Waals surface area contributed by atoms with Crippen molar-refractivity contribution in [1.82, 2.24) is 0 Å². The summed E-state index contributed by atoms with van der Waals surface area (Å²) in [5.74, 6) is -0.430. The van der Waals surface area contributed by atoms with Crippen molar-refractivity contribution in [3.8, 4) is 5.75 Å². The van der Waals surface area contributed by atoms with Gasteiger partial charge in [0.05, 0.1) is 13.0 Å². The van der Waals surface area contributed by atoms with Crippen LogP contribution in [0.15, 0.2) is 54.6 Å². The molecule has 5 nitrogen and oxygen atoms in total. The van der Waals surface area contributed by atoms with Crippen LogP contribution in [-0.2, 0) is 9.53 Å². The highest BCUT2D eigenvalue weighted by Gasteiger charge is 2.54. The van der Waals surface area contributed by atoms with Gasteiger partial charge in [0.25, 0.3) is 0 Å². The maximum absolute atomic E-state index is 13.1. The number of carbonyl (C=O) groups is 3. The molecule has 2 aliphatic carbocycles. The van der Waals surface area contributed by atoms with Crippen LogP contribution in [0.4, 0.5) is 0 Å². The van der Waals surface area contributed by atoms with Crippen LogP contribution in [0.1, 0.15) is 40.0 Å². The molecule has 2 bridgehead atoms. The average Bonchev–Trinajstić information content (AvgIpc) is 3.39. The standard InChI is InChI=1S/C24H24O5/c1-28-19-11-9-15(10-12-19)20(25)14-29-24(27)22-18-8-7-17(13-18)21(22)23(26)16-5-3-2-4-6-16/h2-6,9-12,17-18,21-22H,7-8,13-14H2,1H3/t17-,18-,21+,22+/m1/s1. The third-order valence-corrected chi connectivity index (χ3v) is 6.31. The molecular weight excluding hydrogens is 368 g/mol. The first-order chi connectivity index (χ1) is 14.1. The van der Waals surface area contributed by atoms with Crippen LogP contribution in [0.25, 0.3) is 0 Å². The van der Waals surface area contributed by atoms with Crippen LogP contribution in [0.5, 0.6) is 5.75 Å². The van der Waals surface area contributed by atoms with E-state index in [1.807, 2.05) is 18.2 Å². The van der Waals surface area contributed by atoms with Gasteiger partial charge < -0.3 is 9.47 Å². The number of esters is 1. The zero-order valence-electron chi connectivity index (χ0n) is 16.4. The fourth-order valence-corrected chi connectivity index (χ4v) is 4.90. The van der Waals surface area contributed by atoms with Crippen molar-refractivity contribution in [2.75, 3.05) is 13.7 Å². The van der Waals surface area contributed by atoms with E-state index in [9.17, 15) is 14.4 Å². The van der Waals surface area contributed by atoms with Gasteiger partial charge in [0.15, 0.2) is 18.2 Å². The fraction of sp³-hybridized carbons (Fsp3) is 0.375. The van der Waals surface area contributed by atoms with Crippen molar-refractivity contribution in [2.45, 2.75) is 19.3 Å². The lowest BCUT2D eigenvalue weighted by molar-refractivity contribution is -0.150. The number of rotatable bonds is 7. The number of hydrogen-bond donors (Lipinski definition) is 0. The SMILES string of the molecule is COc1ccc(C(=O)COC(=O)[C@H]2[C@@H]3CC[C@H](C3)[C@@H]2C(=O)c2ccccc2)cc1. The molecule has 0 aromatic heterocycles. The Labute approximate surface area is 170 Å². The summed E-state index contributed by atoms with van der Waals surface area (Å²) in [7, 11) is 1.56. The number of methoxy groups -OCH3 is 1. The smallest absolute Gasteiger partial charge is 0.310 e. The van der Waals surface area contributed by atoms with Gasteiger partial charge in [0.1, 0.15) is 5.75 Å². The number of ketones is 2. The summed E-state index contributed by atoms with van der Waals surface area (Å²) in [5, 5.41) is 0. The monoisotopic (exact) mass is 392 g/mol. The van der Waals surface area contributed by atoms with Crippen LogP contribution in [-0.4, -0.2) is 31.3 Å². The molecule has 0 spiro atoms. The molecule has 2 aromatic rings. The van der Waals surface area contributed by atoms with E-state index in [1.165, 1.54) is 0 Å². The van der Waals surface area contributed by atoms with E-state index in [1.54, 1.807) is 43.5 Å². The van der Waals surface area contributed by atoms with Gasteiger partial charge in [-0.1, -0.05) is 30.3 Å². The molecule has 4 rings (SSSR count). The summed E-state index contributed by atoms with van der Waals surface area (Å²) in [6.45, 7) is -0.314. The average molecular weight is 392 g/mol. The molecule has 4 atom stereocenters. The molecule has 0 amide bonds. The Kier molecular flexibility index (Phi) is 5.47. The van der Waals surface area contributed by atoms with E-state index >= 15 is 0 Å². The highest BCUT2D eigenvalue weighted by molar-refractivity contribution is 6.01. The number of carbonyl (C=O) groups excluding carboxylic acids is 3. The maximum atomic E-state index is 13.1. The van der Waals surface area contributed by atoms with E-state index in [0.717, 1.165) is 19.3 Å². The van der Waals surface area contributed by atoms with Crippen molar-refractivity contribution in [1.29, 1.82) is 0 Å². The van der Waals surface area contributed by atoms with Gasteiger partial charge in [0, 0.05) is 17.0 Å². The maximum Gasteiger partial charge on any atom is 0.310 e. The Bertz CT molecular complexity index is 903. The summed E-state index contributed by atoms with van der Waals surface area (Å²) >= 11 is 0. The van der Waals surface area contributed by atoms with E-state index in [0.29, 0.717) is 16.9 Å². The molecule has 0 N–H and O–H groups in total. The van der Waals surface area contributed by atoms with Gasteiger partial charge >= 0.3 is 5.97 Å². The second-order valence-electron chi connectivity index (χ2n) is 7.87. The van der Waals surface area contributed by atoms with Crippen LogP contribution in [0.2, 0.25) is 0 Å². The molecule has 0 saturated heterocycles. The Balaban J connectivity index is 1.43. The fourth-order valence-electron chi connectivity index (χ4n) is 4.90. The number of ether oxygens (including phenoxy) is 2. The van der Waals surface area contributed by atoms with E-state index in [2.05, 4.69) is 0 Å². The first kappa shape index (κ1) is 19.4. The molecule has 0 radical (unpaired) electrons. The van der Waals surface area contributed by atoms with Crippen molar-refractivity contribution < 1.29 is 23.9 Å². The molecule has 0 unspecified atom stereocenters. The second-order valence-corrected chi connectivity index (χ2v) is 7.87. The van der Waals surface area contributed by atoms with Crippen molar-refractivity contribution >= 4 is 17.5 Å². The zero-order chi connectivity index (χ0) is 20.4. The Hall–Kier alpha value is -2.95. The van der Waals surface area contributed by atoms with Crippen molar-refractivity contribution in [2.24, 2.45) is 23.7 Å². The van der Waals surface area contributed by atoms with Crippen LogP contribution in [0.3, 0.4) is 0 Å². The molecule has 29 heavy (non-hydrogen) atoms. The van der Waals surface area contributed by atoms with E-state index in [-0.39, 0.29) is 35.9 Å². The third-order valence-electron chi connectivity index (χ3n) is 6.31. The summed E-state index contributed by atoms with van der Waals surface area (Å²) in [5.41, 5.74) is 1.10. The summed E-state index contributed by atoms with van der Waals surface area (Å²) in [6, 6.07) is 15.8. The molecular formula is C24H24O5. The number of hydrogen-bond acceptors (Lipinski definition) is 5. The molecule has 2 aliphatic rings. The van der Waals surface area contributed by atoms with Gasteiger partial charge in [-0.05, 0) is 55.4 Å². The third kappa shape index (κ3) is 3.82. The highest BCUT2D eigenvalue weighted by atomic mass is 16.5. The van der Waals surface area contributed by atoms with Gasteiger partial charge in [-0.25, -0.2) is 0 Å². The summed E-state index contributed by atoms with van der Waals surface area (Å²) in [6.07, 6.45) is 2.80. The van der Waals surface area contributed by atoms with Crippen molar-refractivity contribution in [3.63, 3.8) is 0 Å². The van der Waals surface area contributed by atoms with Crippen molar-refractivity contribution in [3.05, 3.63) is 65.7 Å². The topological polar surface area (TPSA) is 69.7 Å². The molecule has 2 fully saturated rings. The van der Waals surface area contributed by atoms with Gasteiger partial charge in [-0.15, -0.1) is 0 Å². The number of Topliss-reactive ketones (excluding diaryl/α,β-unsaturated/α-hetero) is 2. The van der Waals surface area contributed by atoms with E-state index in [4.69, 9.17) is 9.47 Å². The normalized spacial score (nSPS) is 24.9. The molecule has 2 aromatic carbocycles. The predicted molar refractivity (Wildman–Crippen MR) is 107 cm³/mol. The Morgan fingerprint density at radius 3 is 2.17 bits per heavy atom. The molecule has 2 saturated carbocycles. The molecule has 0 heterocycles. The molecule has 150 valence electrons. The minimum atomic E-state index is -0.454. The second kappa shape index (κ2) is 8.19. The molecule has 0 aliphatic heterocycles. The zero-order valence-corrected chi connectivity index (χ0v) is 16.4.